The minimum Gasteiger partial charge on any atom is -0.421 e. The van der Waals surface area contributed by atoms with Crippen LogP contribution < -0.4 is 14.2 Å². The normalized spacial score (nSPS) is 13.5. The molecule has 3 aliphatic rings. The van der Waals surface area contributed by atoms with E-state index < -0.39 is 17.9 Å². The summed E-state index contributed by atoms with van der Waals surface area (Å²) < 4.78 is 17.7. The summed E-state index contributed by atoms with van der Waals surface area (Å²) in [5.41, 5.74) is 9.94. The van der Waals surface area contributed by atoms with Gasteiger partial charge < -0.3 is 14.2 Å². The highest BCUT2D eigenvalue weighted by atomic mass is 16.5. The van der Waals surface area contributed by atoms with Crippen molar-refractivity contribution >= 4 is 82.9 Å². The standard InChI is InChI=1S/C54H33N3O6/c58-52(61-40-22-34-16-31-13-10-28-4-1-7-43(46(28)31)49(34)55-25-40)37-19-38(53(59)62-41-23-35-17-32-14-11-29-5-2-8-44(47(29)32)50(35)56-26-41)21-39(20-37)54(60)63-42-24-36-18-33-15-12-30-6-3-9-45(48(30)33)51(36)57-27-42/h1-9,16-27H,10-15H2. The van der Waals surface area contributed by atoms with Gasteiger partial charge in [-0.2, -0.15) is 0 Å². The average Bonchev–Trinajstić information content (AvgIpc) is 4.05. The van der Waals surface area contributed by atoms with Crippen molar-refractivity contribution in [3.05, 3.63) is 178 Å². The van der Waals surface area contributed by atoms with E-state index in [-0.39, 0.29) is 33.9 Å². The molecule has 0 atom stereocenters. The Morgan fingerprint density at radius 3 is 0.984 bits per heavy atom. The topological polar surface area (TPSA) is 118 Å². The van der Waals surface area contributed by atoms with Crippen molar-refractivity contribution in [3.8, 4) is 17.2 Å². The quantitative estimate of drug-likeness (QED) is 0.119. The number of fused-ring (bicyclic) bond motifs is 6. The molecule has 9 heteroatoms. The second-order valence-corrected chi connectivity index (χ2v) is 16.8. The van der Waals surface area contributed by atoms with Crippen LogP contribution in [0.2, 0.25) is 0 Å². The number of carbonyl (C=O) groups is 3. The molecule has 0 fully saturated rings. The first-order valence-electron chi connectivity index (χ1n) is 21.2. The summed E-state index contributed by atoms with van der Waals surface area (Å²) in [5, 5.41) is 9.47. The summed E-state index contributed by atoms with van der Waals surface area (Å²) in [6.07, 6.45) is 10.3. The lowest BCUT2D eigenvalue weighted by Crippen LogP contribution is -2.17. The second-order valence-electron chi connectivity index (χ2n) is 16.8. The van der Waals surface area contributed by atoms with Gasteiger partial charge in [0.2, 0.25) is 0 Å². The van der Waals surface area contributed by atoms with Crippen LogP contribution in [0.15, 0.2) is 128 Å². The number of ether oxygens (including phenoxy) is 3. The van der Waals surface area contributed by atoms with Gasteiger partial charge in [-0.1, -0.05) is 54.6 Å². The number of aryl methyl sites for hydroxylation is 6. The minimum atomic E-state index is -0.791. The fourth-order valence-electron chi connectivity index (χ4n) is 10.4. The molecule has 13 rings (SSSR count). The molecule has 7 aromatic carbocycles. The number of hydrogen-bond donors (Lipinski definition) is 0. The van der Waals surface area contributed by atoms with Crippen LogP contribution in [-0.2, 0) is 38.5 Å². The van der Waals surface area contributed by atoms with Crippen molar-refractivity contribution in [1.82, 2.24) is 15.0 Å². The van der Waals surface area contributed by atoms with Crippen molar-refractivity contribution in [3.63, 3.8) is 0 Å². The van der Waals surface area contributed by atoms with Crippen molar-refractivity contribution in [1.29, 1.82) is 0 Å². The molecule has 63 heavy (non-hydrogen) atoms. The van der Waals surface area contributed by atoms with Crippen LogP contribution in [-0.4, -0.2) is 32.9 Å². The summed E-state index contributed by atoms with van der Waals surface area (Å²) in [5.74, 6) is -1.70. The maximum absolute atomic E-state index is 14.0. The fraction of sp³-hybridized carbons (Fsp3) is 0.111. The molecule has 3 aliphatic carbocycles. The van der Waals surface area contributed by atoms with Gasteiger partial charge in [0.05, 0.1) is 51.8 Å². The third-order valence-corrected chi connectivity index (χ3v) is 13.1. The summed E-state index contributed by atoms with van der Waals surface area (Å²) in [6.45, 7) is 0. The molecule has 0 unspecified atom stereocenters. The minimum absolute atomic E-state index is 0.0536. The molecule has 0 amide bonds. The Labute approximate surface area is 358 Å². The third kappa shape index (κ3) is 5.69. The summed E-state index contributed by atoms with van der Waals surface area (Å²) in [6, 6.07) is 34.6. The molecule has 0 N–H and O–H groups in total. The van der Waals surface area contributed by atoms with Gasteiger partial charge in [0.15, 0.2) is 0 Å². The highest BCUT2D eigenvalue weighted by Gasteiger charge is 2.24. The van der Waals surface area contributed by atoms with Crippen LogP contribution >= 0.6 is 0 Å². The second kappa shape index (κ2) is 13.5. The van der Waals surface area contributed by atoms with E-state index in [0.717, 1.165) is 87.4 Å². The number of pyridine rings is 3. The van der Waals surface area contributed by atoms with Gasteiger partial charge in [0, 0.05) is 32.3 Å². The fourth-order valence-corrected chi connectivity index (χ4v) is 10.4. The number of hydrogen-bond acceptors (Lipinski definition) is 9. The molecular formula is C54H33N3O6. The Morgan fingerprint density at radius 1 is 0.365 bits per heavy atom. The van der Waals surface area contributed by atoms with Gasteiger partial charge >= 0.3 is 17.9 Å². The predicted octanol–water partition coefficient (Wildman–Crippen LogP) is 10.7. The molecular weight excluding hydrogens is 787 g/mol. The Balaban J connectivity index is 0.845. The SMILES string of the molecule is O=C(Oc1cnc2c(c1)cc1c3c(cccc32)CC1)c1cc(C(=O)Oc2cnc3c(c2)cc2c4c(cccc43)CC2)cc(C(=O)Oc2cnc3c(c2)cc2c4c(cccc43)CC2)c1. The Morgan fingerprint density at radius 2 is 0.667 bits per heavy atom. The molecule has 300 valence electrons. The monoisotopic (exact) mass is 819 g/mol. The zero-order valence-corrected chi connectivity index (χ0v) is 33.7. The van der Waals surface area contributed by atoms with E-state index in [1.807, 2.05) is 18.2 Å². The van der Waals surface area contributed by atoms with Gasteiger partial charge in [0.1, 0.15) is 17.2 Å². The van der Waals surface area contributed by atoms with Crippen molar-refractivity contribution < 1.29 is 28.6 Å². The van der Waals surface area contributed by atoms with Gasteiger partial charge in [0.25, 0.3) is 0 Å². The highest BCUT2D eigenvalue weighted by molar-refractivity contribution is 6.12. The van der Waals surface area contributed by atoms with E-state index in [0.29, 0.717) is 0 Å². The number of esters is 3. The Bertz CT molecular complexity index is 3350. The van der Waals surface area contributed by atoms with Crippen LogP contribution in [0.4, 0.5) is 0 Å². The van der Waals surface area contributed by atoms with E-state index in [1.54, 1.807) is 18.2 Å². The van der Waals surface area contributed by atoms with E-state index in [2.05, 4.69) is 54.6 Å². The van der Waals surface area contributed by atoms with E-state index >= 15 is 0 Å². The Kier molecular flexibility index (Phi) is 7.64. The van der Waals surface area contributed by atoms with Crippen LogP contribution in [0.1, 0.15) is 64.5 Å². The predicted molar refractivity (Wildman–Crippen MR) is 241 cm³/mol. The molecule has 3 aromatic heterocycles. The summed E-state index contributed by atoms with van der Waals surface area (Å²) in [4.78, 5) is 56.2. The van der Waals surface area contributed by atoms with Gasteiger partial charge in [-0.25, -0.2) is 14.4 Å². The van der Waals surface area contributed by atoms with Crippen molar-refractivity contribution in [2.24, 2.45) is 0 Å². The maximum Gasteiger partial charge on any atom is 0.343 e. The number of nitrogens with zero attached hydrogens (tertiary/aromatic N) is 3. The lowest BCUT2D eigenvalue weighted by Gasteiger charge is -2.12. The molecule has 0 spiro atoms. The average molecular weight is 820 g/mol. The van der Waals surface area contributed by atoms with Gasteiger partial charge in [-0.3, -0.25) is 15.0 Å². The van der Waals surface area contributed by atoms with E-state index in [1.165, 1.54) is 86.3 Å². The molecule has 0 saturated carbocycles. The number of benzene rings is 7. The lowest BCUT2D eigenvalue weighted by molar-refractivity contribution is 0.0734. The maximum atomic E-state index is 14.0. The van der Waals surface area contributed by atoms with E-state index in [9.17, 15) is 14.4 Å². The molecule has 0 aliphatic heterocycles. The van der Waals surface area contributed by atoms with Gasteiger partial charge in [-0.15, -0.1) is 0 Å². The summed E-state index contributed by atoms with van der Waals surface area (Å²) in [7, 11) is 0. The first-order chi connectivity index (χ1) is 30.9. The largest absolute Gasteiger partial charge is 0.421 e. The molecule has 0 radical (unpaired) electrons. The van der Waals surface area contributed by atoms with E-state index in [4.69, 9.17) is 29.2 Å². The number of rotatable bonds is 6. The molecule has 9 nitrogen and oxygen atoms in total. The van der Waals surface area contributed by atoms with Crippen molar-refractivity contribution in [2.45, 2.75) is 38.5 Å². The Hall–Kier alpha value is -8.04. The number of aromatic nitrogens is 3. The first kappa shape index (κ1) is 35.7. The van der Waals surface area contributed by atoms with Gasteiger partial charge in [-0.05, 0) is 143 Å². The molecule has 3 heterocycles. The van der Waals surface area contributed by atoms with Crippen LogP contribution in [0.5, 0.6) is 17.2 Å². The number of carbonyl (C=O) groups excluding carboxylic acids is 3. The third-order valence-electron chi connectivity index (χ3n) is 13.1. The zero-order valence-electron chi connectivity index (χ0n) is 33.7. The zero-order chi connectivity index (χ0) is 41.9. The highest BCUT2D eigenvalue weighted by Crippen LogP contribution is 2.39. The van der Waals surface area contributed by atoms with Crippen LogP contribution in [0.25, 0.3) is 65.0 Å². The molecule has 10 aromatic rings. The van der Waals surface area contributed by atoms with Crippen LogP contribution in [0, 0.1) is 0 Å². The smallest absolute Gasteiger partial charge is 0.343 e. The first-order valence-corrected chi connectivity index (χ1v) is 21.2. The van der Waals surface area contributed by atoms with Crippen molar-refractivity contribution in [2.75, 3.05) is 0 Å². The van der Waals surface area contributed by atoms with Crippen LogP contribution in [0.3, 0.4) is 0 Å². The lowest BCUT2D eigenvalue weighted by atomic mass is 10.0. The molecule has 0 bridgehead atoms. The summed E-state index contributed by atoms with van der Waals surface area (Å²) >= 11 is 0. The molecule has 0 saturated heterocycles.